The van der Waals surface area contributed by atoms with Gasteiger partial charge in [-0.25, -0.2) is 9.37 Å². The SMILES string of the molecule is CCC(=O)N[C@H]1CC[C@@H](N(C)C(=O)c2ccc(-c3nc4ccc(F)cc4o3)cc2)C1. The number of amides is 2. The molecule has 1 N–H and O–H groups in total. The summed E-state index contributed by atoms with van der Waals surface area (Å²) >= 11 is 0. The molecule has 156 valence electrons. The third-order valence-corrected chi connectivity index (χ3v) is 5.69. The highest BCUT2D eigenvalue weighted by Gasteiger charge is 2.30. The first-order chi connectivity index (χ1) is 14.4. The van der Waals surface area contributed by atoms with Gasteiger partial charge in [-0.15, -0.1) is 0 Å². The minimum absolute atomic E-state index is 0.0483. The summed E-state index contributed by atoms with van der Waals surface area (Å²) in [5.41, 5.74) is 2.26. The highest BCUT2D eigenvalue weighted by Crippen LogP contribution is 2.27. The first-order valence-electron chi connectivity index (χ1n) is 10.2. The molecule has 0 aliphatic heterocycles. The lowest BCUT2D eigenvalue weighted by molar-refractivity contribution is -0.121. The standard InChI is InChI=1S/C23H24FN3O3/c1-3-21(28)25-17-9-10-18(13-17)27(2)23(29)15-6-4-14(5-7-15)22-26-19-11-8-16(24)12-20(19)30-22/h4-8,11-12,17-18H,3,9-10,13H2,1-2H3,(H,25,28)/t17-,18+/m0/s1. The quantitative estimate of drug-likeness (QED) is 0.687. The first kappa shape index (κ1) is 20.1. The third-order valence-electron chi connectivity index (χ3n) is 5.69. The van der Waals surface area contributed by atoms with Crippen molar-refractivity contribution in [2.24, 2.45) is 0 Å². The minimum Gasteiger partial charge on any atom is -0.436 e. The molecule has 4 rings (SSSR count). The van der Waals surface area contributed by atoms with Crippen molar-refractivity contribution in [2.75, 3.05) is 7.05 Å². The van der Waals surface area contributed by atoms with Crippen LogP contribution in [0.2, 0.25) is 0 Å². The summed E-state index contributed by atoms with van der Waals surface area (Å²) in [6.07, 6.45) is 2.99. The smallest absolute Gasteiger partial charge is 0.253 e. The van der Waals surface area contributed by atoms with E-state index >= 15 is 0 Å². The third kappa shape index (κ3) is 4.06. The van der Waals surface area contributed by atoms with Crippen molar-refractivity contribution < 1.29 is 18.4 Å². The summed E-state index contributed by atoms with van der Waals surface area (Å²) in [4.78, 5) is 30.6. The molecule has 1 aliphatic carbocycles. The highest BCUT2D eigenvalue weighted by molar-refractivity contribution is 5.94. The van der Waals surface area contributed by atoms with Crippen LogP contribution in [0.3, 0.4) is 0 Å². The van der Waals surface area contributed by atoms with Crippen LogP contribution in [0.25, 0.3) is 22.6 Å². The Morgan fingerprint density at radius 1 is 1.20 bits per heavy atom. The zero-order valence-electron chi connectivity index (χ0n) is 17.0. The second-order valence-electron chi connectivity index (χ2n) is 7.71. The van der Waals surface area contributed by atoms with Gasteiger partial charge in [-0.1, -0.05) is 6.92 Å². The van der Waals surface area contributed by atoms with Crippen molar-refractivity contribution in [1.82, 2.24) is 15.2 Å². The molecular weight excluding hydrogens is 385 g/mol. The first-order valence-corrected chi connectivity index (χ1v) is 10.2. The summed E-state index contributed by atoms with van der Waals surface area (Å²) in [5, 5.41) is 3.01. The summed E-state index contributed by atoms with van der Waals surface area (Å²) in [7, 11) is 1.81. The van der Waals surface area contributed by atoms with Crippen LogP contribution in [0.4, 0.5) is 4.39 Å². The van der Waals surface area contributed by atoms with Crippen molar-refractivity contribution in [1.29, 1.82) is 0 Å². The fourth-order valence-corrected chi connectivity index (χ4v) is 3.92. The molecule has 3 aromatic rings. The Labute approximate surface area is 174 Å². The number of oxazole rings is 1. The topological polar surface area (TPSA) is 75.4 Å². The Kier molecular flexibility index (Phi) is 5.53. The number of benzene rings is 2. The van der Waals surface area contributed by atoms with E-state index in [1.165, 1.54) is 12.1 Å². The van der Waals surface area contributed by atoms with Gasteiger partial charge in [0.1, 0.15) is 11.3 Å². The van der Waals surface area contributed by atoms with Gasteiger partial charge in [0.25, 0.3) is 5.91 Å². The van der Waals surface area contributed by atoms with Crippen LogP contribution in [0, 0.1) is 5.82 Å². The molecule has 0 unspecified atom stereocenters. The number of rotatable bonds is 5. The summed E-state index contributed by atoms with van der Waals surface area (Å²) in [6, 6.07) is 11.5. The number of hydrogen-bond donors (Lipinski definition) is 1. The van der Waals surface area contributed by atoms with Gasteiger partial charge in [-0.3, -0.25) is 9.59 Å². The average molecular weight is 409 g/mol. The lowest BCUT2D eigenvalue weighted by atomic mass is 10.1. The van der Waals surface area contributed by atoms with Gasteiger partial charge in [0.15, 0.2) is 5.58 Å². The minimum atomic E-state index is -0.377. The normalized spacial score (nSPS) is 18.5. The monoisotopic (exact) mass is 409 g/mol. The van der Waals surface area contributed by atoms with Gasteiger partial charge >= 0.3 is 0 Å². The number of aromatic nitrogens is 1. The zero-order chi connectivity index (χ0) is 21.3. The van der Waals surface area contributed by atoms with Gasteiger partial charge in [0.05, 0.1) is 0 Å². The van der Waals surface area contributed by atoms with Gasteiger partial charge in [0.2, 0.25) is 11.8 Å². The number of halogens is 1. The number of fused-ring (bicyclic) bond motifs is 1. The summed E-state index contributed by atoms with van der Waals surface area (Å²) < 4.78 is 19.0. The van der Waals surface area contributed by atoms with E-state index in [4.69, 9.17) is 4.42 Å². The predicted octanol–water partition coefficient (Wildman–Crippen LogP) is 4.15. The second-order valence-corrected chi connectivity index (χ2v) is 7.71. The maximum Gasteiger partial charge on any atom is 0.253 e. The predicted molar refractivity (Wildman–Crippen MR) is 111 cm³/mol. The second kappa shape index (κ2) is 8.26. The fourth-order valence-electron chi connectivity index (χ4n) is 3.92. The van der Waals surface area contributed by atoms with Crippen molar-refractivity contribution in [2.45, 2.75) is 44.7 Å². The number of carbonyl (C=O) groups excluding carboxylic acids is 2. The van der Waals surface area contributed by atoms with Crippen molar-refractivity contribution in [3.05, 3.63) is 53.8 Å². The molecule has 1 aliphatic rings. The molecule has 1 aromatic heterocycles. The van der Waals surface area contributed by atoms with E-state index in [2.05, 4.69) is 10.3 Å². The lowest BCUT2D eigenvalue weighted by Gasteiger charge is -2.25. The van der Waals surface area contributed by atoms with E-state index in [0.717, 1.165) is 19.3 Å². The number of carbonyl (C=O) groups is 2. The molecule has 1 fully saturated rings. The van der Waals surface area contributed by atoms with Crippen LogP contribution < -0.4 is 5.32 Å². The molecule has 30 heavy (non-hydrogen) atoms. The van der Waals surface area contributed by atoms with E-state index in [1.807, 2.05) is 6.92 Å². The van der Waals surface area contributed by atoms with Crippen LogP contribution in [-0.4, -0.2) is 40.8 Å². The molecule has 2 amide bonds. The van der Waals surface area contributed by atoms with Crippen molar-refractivity contribution in [3.8, 4) is 11.5 Å². The van der Waals surface area contributed by atoms with Gasteiger partial charge < -0.3 is 14.6 Å². The Balaban J connectivity index is 1.44. The summed E-state index contributed by atoms with van der Waals surface area (Å²) in [5.74, 6) is -0.00773. The molecule has 0 bridgehead atoms. The molecule has 1 saturated carbocycles. The molecular formula is C23H24FN3O3. The Morgan fingerprint density at radius 2 is 1.97 bits per heavy atom. The largest absolute Gasteiger partial charge is 0.436 e. The molecule has 0 saturated heterocycles. The summed E-state index contributed by atoms with van der Waals surface area (Å²) in [6.45, 7) is 1.83. The number of nitrogens with one attached hydrogen (secondary N) is 1. The maximum atomic E-state index is 13.3. The average Bonchev–Trinajstić information content (AvgIpc) is 3.39. The molecule has 7 heteroatoms. The number of hydrogen-bond acceptors (Lipinski definition) is 4. The van der Waals surface area contributed by atoms with Crippen molar-refractivity contribution in [3.63, 3.8) is 0 Å². The van der Waals surface area contributed by atoms with Crippen LogP contribution in [0.1, 0.15) is 43.0 Å². The molecule has 2 aromatic carbocycles. The fraction of sp³-hybridized carbons (Fsp3) is 0.348. The van der Waals surface area contributed by atoms with Crippen LogP contribution >= 0.6 is 0 Å². The van der Waals surface area contributed by atoms with Crippen LogP contribution in [0.15, 0.2) is 46.9 Å². The van der Waals surface area contributed by atoms with Crippen LogP contribution in [0.5, 0.6) is 0 Å². The van der Waals surface area contributed by atoms with Crippen LogP contribution in [-0.2, 0) is 4.79 Å². The van der Waals surface area contributed by atoms with E-state index in [-0.39, 0.29) is 29.7 Å². The van der Waals surface area contributed by atoms with Gasteiger partial charge in [0, 0.05) is 42.7 Å². The molecule has 1 heterocycles. The van der Waals surface area contributed by atoms with Gasteiger partial charge in [-0.2, -0.15) is 0 Å². The lowest BCUT2D eigenvalue weighted by Crippen LogP contribution is -2.38. The van der Waals surface area contributed by atoms with Gasteiger partial charge in [-0.05, 0) is 55.7 Å². The molecule has 6 nitrogen and oxygen atoms in total. The Hall–Kier alpha value is -3.22. The molecule has 2 atom stereocenters. The zero-order valence-corrected chi connectivity index (χ0v) is 17.0. The maximum absolute atomic E-state index is 13.3. The molecule has 0 radical (unpaired) electrons. The highest BCUT2D eigenvalue weighted by atomic mass is 19.1. The Morgan fingerprint density at radius 3 is 2.70 bits per heavy atom. The van der Waals surface area contributed by atoms with E-state index in [1.54, 1.807) is 42.3 Å². The van der Waals surface area contributed by atoms with E-state index < -0.39 is 0 Å². The number of nitrogens with zero attached hydrogens (tertiary/aromatic N) is 2. The van der Waals surface area contributed by atoms with Crippen molar-refractivity contribution >= 4 is 22.9 Å². The Bertz CT molecular complexity index is 1080. The molecule has 0 spiro atoms. The van der Waals surface area contributed by atoms with E-state index in [0.29, 0.717) is 34.5 Å². The van der Waals surface area contributed by atoms with E-state index in [9.17, 15) is 14.0 Å².